The van der Waals surface area contributed by atoms with Gasteiger partial charge >= 0.3 is 0 Å². The van der Waals surface area contributed by atoms with Crippen molar-refractivity contribution in [2.45, 2.75) is 0 Å². The second-order valence-corrected chi connectivity index (χ2v) is 8.09. The van der Waals surface area contributed by atoms with Crippen molar-refractivity contribution in [1.29, 1.82) is 0 Å². The summed E-state index contributed by atoms with van der Waals surface area (Å²) in [5.41, 5.74) is 19.6. The van der Waals surface area contributed by atoms with Gasteiger partial charge < -0.3 is 31.4 Å². The summed E-state index contributed by atoms with van der Waals surface area (Å²) in [6, 6.07) is 9.52. The summed E-state index contributed by atoms with van der Waals surface area (Å²) >= 11 is 0. The Morgan fingerprint density at radius 2 is 1.97 bits per heavy atom. The third kappa shape index (κ3) is 5.54. The van der Waals surface area contributed by atoms with Gasteiger partial charge in [-0.1, -0.05) is 6.07 Å². The lowest BCUT2D eigenvalue weighted by atomic mass is 10.1. The minimum Gasteiger partial charge on any atom is -0.494 e. The van der Waals surface area contributed by atoms with Crippen molar-refractivity contribution in [2.24, 2.45) is 23.6 Å². The number of hydrogen-bond donors (Lipinski definition) is 4. The molecule has 33 heavy (non-hydrogen) atoms. The predicted molar refractivity (Wildman–Crippen MR) is 137 cm³/mol. The minimum atomic E-state index is 0.366. The molecule has 0 saturated heterocycles. The molecule has 10 heteroatoms. The van der Waals surface area contributed by atoms with E-state index in [9.17, 15) is 0 Å². The lowest BCUT2D eigenvalue weighted by Crippen LogP contribution is -2.29. The van der Waals surface area contributed by atoms with Gasteiger partial charge in [0.05, 0.1) is 30.2 Å². The zero-order valence-corrected chi connectivity index (χ0v) is 19.8. The fourth-order valence-corrected chi connectivity index (χ4v) is 3.44. The van der Waals surface area contributed by atoms with Crippen molar-refractivity contribution in [3.63, 3.8) is 0 Å². The molecular weight excluding hydrogens is 418 g/mol. The summed E-state index contributed by atoms with van der Waals surface area (Å²) in [6.45, 7) is 1.72. The largest absolute Gasteiger partial charge is 0.494 e. The fourth-order valence-electron chi connectivity index (χ4n) is 3.44. The van der Waals surface area contributed by atoms with Gasteiger partial charge in [0, 0.05) is 50.4 Å². The smallest absolute Gasteiger partial charge is 0.146 e. The maximum absolute atomic E-state index is 6.34. The van der Waals surface area contributed by atoms with Gasteiger partial charge in [-0.2, -0.15) is 5.10 Å². The first-order valence-electron chi connectivity index (χ1n) is 10.5. The Hall–Kier alpha value is -3.76. The van der Waals surface area contributed by atoms with E-state index < -0.39 is 0 Å². The standard InChI is InChI=1S/C23H33N9O/c1-30(2)8-9-31(3)21-13-22(33-5)19(11-18(21)25)28-23(29-26)12-17(24)15-6-7-20-16(10-15)14-27-32(20)4/h6-7,10-14H,8-9,24-26H2,1-5H3,(H,28,29). The third-order valence-corrected chi connectivity index (χ3v) is 5.38. The SMILES string of the molecule is COc1cc(N(C)CCN(C)C)c(N)cc1N=C(C=C(N)c1ccc2c(cnn2C)c1)NN. The van der Waals surface area contributed by atoms with Crippen LogP contribution < -0.4 is 32.4 Å². The summed E-state index contributed by atoms with van der Waals surface area (Å²) in [7, 11) is 9.55. The lowest BCUT2D eigenvalue weighted by Gasteiger charge is -2.24. The van der Waals surface area contributed by atoms with Crippen LogP contribution in [0.2, 0.25) is 0 Å². The lowest BCUT2D eigenvalue weighted by molar-refractivity contribution is 0.413. The van der Waals surface area contributed by atoms with Gasteiger partial charge in [0.15, 0.2) is 0 Å². The molecule has 0 amide bonds. The molecule has 0 saturated carbocycles. The van der Waals surface area contributed by atoms with Crippen LogP contribution in [0.5, 0.6) is 5.75 Å². The Morgan fingerprint density at radius 1 is 1.21 bits per heavy atom. The number of hydrogen-bond acceptors (Lipinski definition) is 8. The number of methoxy groups -OCH3 is 1. The van der Waals surface area contributed by atoms with Crippen LogP contribution in [-0.4, -0.2) is 61.9 Å². The van der Waals surface area contributed by atoms with Crippen molar-refractivity contribution in [1.82, 2.24) is 20.1 Å². The zero-order chi connectivity index (χ0) is 24.1. The van der Waals surface area contributed by atoms with E-state index in [2.05, 4.69) is 25.3 Å². The first kappa shape index (κ1) is 23.9. The number of anilines is 2. The second kappa shape index (κ2) is 10.2. The van der Waals surface area contributed by atoms with Crippen LogP contribution in [0.1, 0.15) is 5.56 Å². The van der Waals surface area contributed by atoms with E-state index in [0.29, 0.717) is 28.7 Å². The third-order valence-electron chi connectivity index (χ3n) is 5.38. The average molecular weight is 452 g/mol. The molecule has 0 unspecified atom stereocenters. The van der Waals surface area contributed by atoms with E-state index in [0.717, 1.165) is 35.2 Å². The Kier molecular flexibility index (Phi) is 7.41. The molecule has 10 nitrogen and oxygen atoms in total. The van der Waals surface area contributed by atoms with Crippen molar-refractivity contribution >= 4 is 39.5 Å². The average Bonchev–Trinajstić information content (AvgIpc) is 3.17. The molecule has 1 heterocycles. The molecule has 0 spiro atoms. The molecule has 0 fully saturated rings. The number of nitrogen functional groups attached to an aromatic ring is 1. The predicted octanol–water partition coefficient (Wildman–Crippen LogP) is 1.66. The van der Waals surface area contributed by atoms with Gasteiger partial charge in [0.2, 0.25) is 0 Å². The van der Waals surface area contributed by atoms with Crippen LogP contribution in [0.3, 0.4) is 0 Å². The van der Waals surface area contributed by atoms with E-state index in [1.54, 1.807) is 25.4 Å². The number of aromatic nitrogens is 2. The first-order chi connectivity index (χ1) is 15.7. The van der Waals surface area contributed by atoms with Gasteiger partial charge in [-0.05, 0) is 37.9 Å². The van der Waals surface area contributed by atoms with Crippen molar-refractivity contribution in [3.05, 3.63) is 48.2 Å². The number of fused-ring (bicyclic) bond motifs is 1. The molecule has 3 rings (SSSR count). The summed E-state index contributed by atoms with van der Waals surface area (Å²) in [4.78, 5) is 8.79. The Balaban J connectivity index is 1.92. The molecule has 176 valence electrons. The second-order valence-electron chi connectivity index (χ2n) is 8.09. The van der Waals surface area contributed by atoms with Gasteiger partial charge in [0.25, 0.3) is 0 Å². The highest BCUT2D eigenvalue weighted by Crippen LogP contribution is 2.37. The quantitative estimate of drug-likeness (QED) is 0.133. The normalized spacial score (nSPS) is 12.5. The van der Waals surface area contributed by atoms with Crippen molar-refractivity contribution in [2.75, 3.05) is 52.0 Å². The van der Waals surface area contributed by atoms with E-state index in [-0.39, 0.29) is 0 Å². The van der Waals surface area contributed by atoms with E-state index in [1.165, 1.54) is 0 Å². The summed E-state index contributed by atoms with van der Waals surface area (Å²) in [5.74, 6) is 6.68. The van der Waals surface area contributed by atoms with Crippen molar-refractivity contribution < 1.29 is 4.74 Å². The zero-order valence-electron chi connectivity index (χ0n) is 19.8. The first-order valence-corrected chi connectivity index (χ1v) is 10.5. The Morgan fingerprint density at radius 3 is 2.64 bits per heavy atom. The highest BCUT2D eigenvalue weighted by molar-refractivity contribution is 6.01. The Bertz CT molecular complexity index is 1180. The number of aryl methyl sites for hydroxylation is 1. The van der Waals surface area contributed by atoms with Crippen LogP contribution in [0.4, 0.5) is 17.1 Å². The number of aliphatic imine (C=N–C) groups is 1. The molecule has 0 aliphatic carbocycles. The van der Waals surface area contributed by atoms with Gasteiger partial charge in [-0.15, -0.1) is 0 Å². The number of nitrogens with two attached hydrogens (primary N) is 3. The van der Waals surface area contributed by atoms with Crippen LogP contribution in [-0.2, 0) is 7.05 Å². The fraction of sp³-hybridized carbons (Fsp3) is 0.304. The minimum absolute atomic E-state index is 0.366. The maximum atomic E-state index is 6.34. The molecule has 1 aromatic heterocycles. The summed E-state index contributed by atoms with van der Waals surface area (Å²) in [6.07, 6.45) is 3.47. The number of hydrazine groups is 1. The molecule has 7 N–H and O–H groups in total. The molecule has 0 aliphatic rings. The Labute approximate surface area is 194 Å². The number of ether oxygens (including phenoxy) is 1. The van der Waals surface area contributed by atoms with E-state index >= 15 is 0 Å². The number of amidine groups is 1. The van der Waals surface area contributed by atoms with Gasteiger partial charge in [-0.25, -0.2) is 10.8 Å². The molecule has 0 atom stereocenters. The number of nitrogens with one attached hydrogen (secondary N) is 1. The number of likely N-dealkylation sites (N-methyl/N-ethyl adjacent to an activating group) is 2. The van der Waals surface area contributed by atoms with E-state index in [1.807, 2.05) is 57.1 Å². The van der Waals surface area contributed by atoms with Crippen LogP contribution in [0.15, 0.2) is 47.6 Å². The van der Waals surface area contributed by atoms with Gasteiger partial charge in [-0.3, -0.25) is 4.68 Å². The van der Waals surface area contributed by atoms with Crippen molar-refractivity contribution in [3.8, 4) is 5.75 Å². The maximum Gasteiger partial charge on any atom is 0.146 e. The molecule has 3 aromatic rings. The number of benzene rings is 2. The highest BCUT2D eigenvalue weighted by Gasteiger charge is 2.13. The molecular formula is C23H33N9O. The topological polar surface area (TPSA) is 136 Å². The van der Waals surface area contributed by atoms with Crippen LogP contribution in [0.25, 0.3) is 16.6 Å². The summed E-state index contributed by atoms with van der Waals surface area (Å²) < 4.78 is 7.38. The summed E-state index contributed by atoms with van der Waals surface area (Å²) in [5, 5.41) is 5.26. The monoisotopic (exact) mass is 451 g/mol. The van der Waals surface area contributed by atoms with Crippen LogP contribution >= 0.6 is 0 Å². The number of rotatable bonds is 8. The molecule has 0 bridgehead atoms. The molecule has 0 radical (unpaired) electrons. The molecule has 2 aromatic carbocycles. The molecule has 0 aliphatic heterocycles. The van der Waals surface area contributed by atoms with Gasteiger partial charge in [0.1, 0.15) is 17.3 Å². The van der Waals surface area contributed by atoms with E-state index in [4.69, 9.17) is 22.0 Å². The number of nitrogens with zero attached hydrogens (tertiary/aromatic N) is 5. The van der Waals surface area contributed by atoms with Crippen LogP contribution in [0, 0.1) is 0 Å². The highest BCUT2D eigenvalue weighted by atomic mass is 16.5.